The lowest BCUT2D eigenvalue weighted by atomic mass is 10.0. The quantitative estimate of drug-likeness (QED) is 0.399. The van der Waals surface area contributed by atoms with Gasteiger partial charge in [0.1, 0.15) is 24.2 Å². The summed E-state index contributed by atoms with van der Waals surface area (Å²) in [6, 6.07) is 0.996. The van der Waals surface area contributed by atoms with Crippen LogP contribution in [0.4, 0.5) is 13.2 Å². The predicted molar refractivity (Wildman–Crippen MR) is 97.3 cm³/mol. The fourth-order valence-corrected chi connectivity index (χ4v) is 3.56. The molecule has 0 aliphatic rings. The van der Waals surface area contributed by atoms with Crippen molar-refractivity contribution in [2.75, 3.05) is 5.75 Å². The number of rotatable bonds is 3. The summed E-state index contributed by atoms with van der Waals surface area (Å²) in [5, 5.41) is 5.16. The Hall–Kier alpha value is -2.56. The van der Waals surface area contributed by atoms with Crippen molar-refractivity contribution in [3.8, 4) is 11.4 Å². The van der Waals surface area contributed by atoms with E-state index in [0.29, 0.717) is 33.2 Å². The molecule has 0 aliphatic carbocycles. The number of thioether (sulfide) groups is 1. The van der Waals surface area contributed by atoms with Crippen molar-refractivity contribution in [2.45, 2.75) is 18.1 Å². The third-order valence-corrected chi connectivity index (χ3v) is 4.85. The molecule has 4 heterocycles. The molecule has 4 aromatic rings. The molecule has 0 atom stereocenters. The van der Waals surface area contributed by atoms with Gasteiger partial charge in [0.05, 0.1) is 11.1 Å². The molecular weight excluding hydrogens is 376 g/mol. The van der Waals surface area contributed by atoms with Crippen molar-refractivity contribution in [2.24, 2.45) is 7.05 Å². The zero-order chi connectivity index (χ0) is 19.3. The third kappa shape index (κ3) is 2.95. The summed E-state index contributed by atoms with van der Waals surface area (Å²) in [6.07, 6.45) is -0.534. The Labute approximate surface area is 157 Å². The molecule has 27 heavy (non-hydrogen) atoms. The van der Waals surface area contributed by atoms with Gasteiger partial charge in [0.25, 0.3) is 0 Å². The van der Waals surface area contributed by atoms with Gasteiger partial charge in [-0.1, -0.05) is 12.4 Å². The van der Waals surface area contributed by atoms with Crippen LogP contribution in [0.25, 0.3) is 28.2 Å². The first-order valence-electron chi connectivity index (χ1n) is 7.96. The van der Waals surface area contributed by atoms with E-state index in [9.17, 15) is 13.2 Å². The van der Waals surface area contributed by atoms with Gasteiger partial charge in [0.15, 0.2) is 11.3 Å². The minimum atomic E-state index is -4.48. The molecular formula is C16H12BF3N6S. The first-order chi connectivity index (χ1) is 12.8. The minimum absolute atomic E-state index is 0.157. The molecule has 2 radical (unpaired) electrons. The van der Waals surface area contributed by atoms with E-state index in [4.69, 9.17) is 7.85 Å². The lowest BCUT2D eigenvalue weighted by Gasteiger charge is -2.05. The van der Waals surface area contributed by atoms with Gasteiger partial charge in [-0.2, -0.15) is 18.3 Å². The van der Waals surface area contributed by atoms with E-state index in [0.717, 1.165) is 18.0 Å². The number of halogens is 3. The molecule has 0 unspecified atom stereocenters. The first kappa shape index (κ1) is 17.8. The standard InChI is InChI=1S/C16H12BF3N6S/c1-3-27-15-11(13-22-6-9(17)7-26(13)24-15)14-23-10-4-8(16(18,19)20)5-21-12(10)25(14)2/h4-7H,3H2,1-2H3. The van der Waals surface area contributed by atoms with Gasteiger partial charge in [0, 0.05) is 25.6 Å². The van der Waals surface area contributed by atoms with E-state index < -0.39 is 11.7 Å². The van der Waals surface area contributed by atoms with Gasteiger partial charge in [-0.3, -0.25) is 0 Å². The largest absolute Gasteiger partial charge is 0.417 e. The lowest BCUT2D eigenvalue weighted by Crippen LogP contribution is -2.07. The second-order valence-electron chi connectivity index (χ2n) is 5.83. The molecule has 0 saturated carbocycles. The zero-order valence-corrected chi connectivity index (χ0v) is 15.1. The molecule has 0 fully saturated rings. The number of pyridine rings is 1. The highest BCUT2D eigenvalue weighted by atomic mass is 32.2. The van der Waals surface area contributed by atoms with Crippen molar-refractivity contribution in [1.82, 2.24) is 29.1 Å². The number of aromatic nitrogens is 6. The van der Waals surface area contributed by atoms with Gasteiger partial charge in [-0.15, -0.1) is 11.8 Å². The van der Waals surface area contributed by atoms with Crippen LogP contribution in [0.2, 0.25) is 0 Å². The molecule has 0 bridgehead atoms. The van der Waals surface area contributed by atoms with Crippen LogP contribution in [0.5, 0.6) is 0 Å². The topological polar surface area (TPSA) is 60.9 Å². The Balaban J connectivity index is 1.99. The van der Waals surface area contributed by atoms with E-state index in [-0.39, 0.29) is 5.52 Å². The number of nitrogens with zero attached hydrogens (tertiary/aromatic N) is 6. The Morgan fingerprint density at radius 2 is 1.93 bits per heavy atom. The van der Waals surface area contributed by atoms with Crippen molar-refractivity contribution in [3.63, 3.8) is 0 Å². The Bertz CT molecular complexity index is 1170. The lowest BCUT2D eigenvalue weighted by molar-refractivity contribution is -0.137. The molecule has 0 saturated heterocycles. The van der Waals surface area contributed by atoms with Crippen LogP contribution in [0.1, 0.15) is 12.5 Å². The molecule has 6 nitrogen and oxygen atoms in total. The van der Waals surface area contributed by atoms with E-state index >= 15 is 0 Å². The van der Waals surface area contributed by atoms with Crippen molar-refractivity contribution in [3.05, 3.63) is 30.2 Å². The highest BCUT2D eigenvalue weighted by molar-refractivity contribution is 7.99. The monoisotopic (exact) mass is 388 g/mol. The SMILES string of the molecule is [B]c1cnc2c(-c3nc4cc(C(F)(F)F)cnc4n3C)c(SCC)nn2c1. The summed E-state index contributed by atoms with van der Waals surface area (Å²) in [4.78, 5) is 12.7. The van der Waals surface area contributed by atoms with E-state index in [1.165, 1.54) is 18.0 Å². The number of imidazole rings is 1. The van der Waals surface area contributed by atoms with Crippen LogP contribution < -0.4 is 5.46 Å². The zero-order valence-electron chi connectivity index (χ0n) is 14.3. The molecule has 136 valence electrons. The molecule has 4 aromatic heterocycles. The smallest absolute Gasteiger partial charge is 0.312 e. The van der Waals surface area contributed by atoms with E-state index in [2.05, 4.69) is 20.1 Å². The minimum Gasteiger partial charge on any atom is -0.312 e. The average molecular weight is 388 g/mol. The number of fused-ring (bicyclic) bond motifs is 2. The van der Waals surface area contributed by atoms with Gasteiger partial charge in [0.2, 0.25) is 0 Å². The van der Waals surface area contributed by atoms with Crippen LogP contribution in [0.3, 0.4) is 0 Å². The maximum atomic E-state index is 13.0. The maximum absolute atomic E-state index is 13.0. The number of hydrogen-bond donors (Lipinski definition) is 0. The van der Waals surface area contributed by atoms with Crippen molar-refractivity contribution in [1.29, 1.82) is 0 Å². The normalized spacial score (nSPS) is 12.3. The Morgan fingerprint density at radius 1 is 1.19 bits per heavy atom. The fraction of sp³-hybridized carbons (Fsp3) is 0.250. The summed E-state index contributed by atoms with van der Waals surface area (Å²) in [6.45, 7) is 1.98. The summed E-state index contributed by atoms with van der Waals surface area (Å²) in [5.74, 6) is 1.20. The molecule has 0 amide bonds. The van der Waals surface area contributed by atoms with Gasteiger partial charge in [-0.25, -0.2) is 19.5 Å². The highest BCUT2D eigenvalue weighted by Gasteiger charge is 2.32. The number of aryl methyl sites for hydroxylation is 1. The number of alkyl halides is 3. The Morgan fingerprint density at radius 3 is 2.63 bits per heavy atom. The fourth-order valence-electron chi connectivity index (χ4n) is 2.82. The van der Waals surface area contributed by atoms with Gasteiger partial charge >= 0.3 is 6.18 Å². The second-order valence-corrected chi connectivity index (χ2v) is 7.08. The summed E-state index contributed by atoms with van der Waals surface area (Å²) in [7, 11) is 7.48. The number of hydrogen-bond acceptors (Lipinski definition) is 5. The molecule has 0 aromatic carbocycles. The van der Waals surface area contributed by atoms with Crippen LogP contribution in [0, 0.1) is 0 Å². The molecule has 0 N–H and O–H groups in total. The first-order valence-corrected chi connectivity index (χ1v) is 8.95. The van der Waals surface area contributed by atoms with E-state index in [1.54, 1.807) is 22.3 Å². The summed E-state index contributed by atoms with van der Waals surface area (Å²) >= 11 is 1.49. The molecule has 0 aliphatic heterocycles. The van der Waals surface area contributed by atoms with Crippen molar-refractivity contribution < 1.29 is 13.2 Å². The van der Waals surface area contributed by atoms with Crippen LogP contribution in [-0.4, -0.2) is 42.7 Å². The highest BCUT2D eigenvalue weighted by Crippen LogP contribution is 2.35. The van der Waals surface area contributed by atoms with Crippen molar-refractivity contribution >= 4 is 41.9 Å². The molecule has 4 rings (SSSR count). The van der Waals surface area contributed by atoms with E-state index in [1.807, 2.05) is 6.92 Å². The molecule has 11 heteroatoms. The van der Waals surface area contributed by atoms with Crippen LogP contribution in [0.15, 0.2) is 29.7 Å². The summed E-state index contributed by atoms with van der Waals surface area (Å²) < 4.78 is 42.2. The maximum Gasteiger partial charge on any atom is 0.417 e. The van der Waals surface area contributed by atoms with Crippen LogP contribution >= 0.6 is 11.8 Å². The van der Waals surface area contributed by atoms with Gasteiger partial charge in [-0.05, 0) is 11.8 Å². The average Bonchev–Trinajstić information content (AvgIpc) is 3.11. The second kappa shape index (κ2) is 6.26. The predicted octanol–water partition coefficient (Wildman–Crippen LogP) is 2.60. The molecule has 0 spiro atoms. The summed E-state index contributed by atoms with van der Waals surface area (Å²) in [5.41, 5.74) is 1.27. The van der Waals surface area contributed by atoms with Gasteiger partial charge < -0.3 is 4.57 Å². The van der Waals surface area contributed by atoms with Crippen LogP contribution in [-0.2, 0) is 13.2 Å². The Kier molecular flexibility index (Phi) is 4.13. The third-order valence-electron chi connectivity index (χ3n) is 4.00.